The van der Waals surface area contributed by atoms with Gasteiger partial charge in [0.25, 0.3) is 5.91 Å². The second-order valence-electron chi connectivity index (χ2n) is 5.37. The van der Waals surface area contributed by atoms with E-state index in [9.17, 15) is 14.9 Å². The fourth-order valence-electron chi connectivity index (χ4n) is 2.17. The van der Waals surface area contributed by atoms with Crippen molar-refractivity contribution in [3.8, 4) is 11.5 Å². The lowest BCUT2D eigenvalue weighted by Gasteiger charge is -2.12. The summed E-state index contributed by atoms with van der Waals surface area (Å²) in [5, 5.41) is 13.7. The van der Waals surface area contributed by atoms with Crippen molar-refractivity contribution in [2.75, 3.05) is 19.0 Å². The summed E-state index contributed by atoms with van der Waals surface area (Å²) >= 11 is 3.38. The van der Waals surface area contributed by atoms with Crippen molar-refractivity contribution >= 4 is 33.2 Å². The Bertz CT molecular complexity index is 823. The van der Waals surface area contributed by atoms with Crippen LogP contribution in [-0.4, -0.2) is 24.5 Å². The molecule has 0 unspecified atom stereocenters. The summed E-state index contributed by atoms with van der Waals surface area (Å²) in [6.07, 6.45) is 0. The minimum Gasteiger partial charge on any atom is -0.490 e. The van der Waals surface area contributed by atoms with Crippen LogP contribution in [0.5, 0.6) is 11.5 Å². The molecule has 25 heavy (non-hydrogen) atoms. The summed E-state index contributed by atoms with van der Waals surface area (Å²) in [5.41, 5.74) is 1.89. The number of hydrogen-bond donors (Lipinski definition) is 1. The molecule has 1 amide bonds. The zero-order valence-corrected chi connectivity index (χ0v) is 15.5. The minimum absolute atomic E-state index is 0.0769. The summed E-state index contributed by atoms with van der Waals surface area (Å²) in [6.45, 7) is 3.42. The van der Waals surface area contributed by atoms with Crippen molar-refractivity contribution in [1.82, 2.24) is 0 Å². The number of carbonyl (C=O) groups excluding carboxylic acids is 1. The van der Waals surface area contributed by atoms with Gasteiger partial charge in [0.05, 0.1) is 16.5 Å². The molecule has 0 bridgehead atoms. The average molecular weight is 409 g/mol. The lowest BCUT2D eigenvalue weighted by molar-refractivity contribution is -0.385. The van der Waals surface area contributed by atoms with E-state index in [2.05, 4.69) is 21.2 Å². The predicted molar refractivity (Wildman–Crippen MR) is 97.4 cm³/mol. The maximum atomic E-state index is 12.1. The molecule has 2 aromatic carbocycles. The molecule has 132 valence electrons. The molecule has 0 aliphatic rings. The molecule has 0 heterocycles. The lowest BCUT2D eigenvalue weighted by Crippen LogP contribution is -2.21. The molecule has 0 spiro atoms. The molecule has 0 radical (unpaired) electrons. The van der Waals surface area contributed by atoms with E-state index in [0.717, 1.165) is 10.0 Å². The van der Waals surface area contributed by atoms with E-state index in [4.69, 9.17) is 9.47 Å². The van der Waals surface area contributed by atoms with Crippen molar-refractivity contribution in [2.24, 2.45) is 0 Å². The van der Waals surface area contributed by atoms with Gasteiger partial charge in [0.1, 0.15) is 5.75 Å². The van der Waals surface area contributed by atoms with Gasteiger partial charge in [0.2, 0.25) is 0 Å². The van der Waals surface area contributed by atoms with Gasteiger partial charge in [-0.1, -0.05) is 6.07 Å². The van der Waals surface area contributed by atoms with E-state index in [1.165, 1.54) is 19.2 Å². The van der Waals surface area contributed by atoms with Crippen LogP contribution in [0, 0.1) is 24.0 Å². The van der Waals surface area contributed by atoms with Crippen LogP contribution in [0.3, 0.4) is 0 Å². The largest absolute Gasteiger partial charge is 0.490 e. The Morgan fingerprint density at radius 2 is 1.96 bits per heavy atom. The predicted octanol–water partition coefficient (Wildman–Crippen LogP) is 4.00. The van der Waals surface area contributed by atoms with Gasteiger partial charge in [-0.15, -0.1) is 0 Å². The average Bonchev–Trinajstić information content (AvgIpc) is 2.55. The maximum Gasteiger partial charge on any atom is 0.311 e. The van der Waals surface area contributed by atoms with E-state index in [1.54, 1.807) is 13.0 Å². The third kappa shape index (κ3) is 4.69. The Balaban J connectivity index is 2.08. The van der Waals surface area contributed by atoms with Gasteiger partial charge in [-0.3, -0.25) is 14.9 Å². The summed E-state index contributed by atoms with van der Waals surface area (Å²) in [6, 6.07) is 8.31. The summed E-state index contributed by atoms with van der Waals surface area (Å²) in [4.78, 5) is 22.6. The van der Waals surface area contributed by atoms with E-state index < -0.39 is 4.92 Å². The van der Waals surface area contributed by atoms with E-state index >= 15 is 0 Å². The van der Waals surface area contributed by atoms with Crippen LogP contribution in [-0.2, 0) is 4.79 Å². The molecular formula is C17H17BrN2O5. The van der Waals surface area contributed by atoms with Gasteiger partial charge in [0.15, 0.2) is 12.4 Å². The molecule has 0 saturated carbocycles. The van der Waals surface area contributed by atoms with Crippen LogP contribution in [0.1, 0.15) is 11.1 Å². The topological polar surface area (TPSA) is 90.7 Å². The third-order valence-electron chi connectivity index (χ3n) is 3.44. The van der Waals surface area contributed by atoms with Crippen LogP contribution in [0.15, 0.2) is 34.8 Å². The van der Waals surface area contributed by atoms with Crippen molar-refractivity contribution in [3.63, 3.8) is 0 Å². The molecule has 2 rings (SSSR count). The number of nitro groups is 1. The number of halogens is 1. The van der Waals surface area contributed by atoms with Gasteiger partial charge >= 0.3 is 5.69 Å². The van der Waals surface area contributed by atoms with Crippen LogP contribution in [0.25, 0.3) is 0 Å². The summed E-state index contributed by atoms with van der Waals surface area (Å²) < 4.78 is 11.3. The standard InChI is InChI=1S/C17H17BrN2O5/c1-10-4-5-15(12(18)6-10)25-9-17(21)19-13-8-16(24-3)14(20(22)23)7-11(13)2/h4-8H,9H2,1-3H3,(H,19,21). The normalized spacial score (nSPS) is 10.2. The highest BCUT2D eigenvalue weighted by Crippen LogP contribution is 2.32. The lowest BCUT2D eigenvalue weighted by atomic mass is 10.1. The maximum absolute atomic E-state index is 12.1. The molecular weight excluding hydrogens is 392 g/mol. The molecule has 0 aliphatic carbocycles. The van der Waals surface area contributed by atoms with E-state index in [0.29, 0.717) is 17.0 Å². The highest BCUT2D eigenvalue weighted by Gasteiger charge is 2.18. The number of rotatable bonds is 6. The summed E-state index contributed by atoms with van der Waals surface area (Å²) in [7, 11) is 1.33. The van der Waals surface area contributed by atoms with Crippen molar-refractivity contribution in [3.05, 3.63) is 56.0 Å². The van der Waals surface area contributed by atoms with Gasteiger partial charge < -0.3 is 14.8 Å². The zero-order chi connectivity index (χ0) is 18.6. The molecule has 2 aromatic rings. The number of hydrogen-bond acceptors (Lipinski definition) is 5. The minimum atomic E-state index is -0.532. The van der Waals surface area contributed by atoms with Gasteiger partial charge in [-0.25, -0.2) is 0 Å². The first kappa shape index (κ1) is 18.7. The summed E-state index contributed by atoms with van der Waals surface area (Å²) in [5.74, 6) is 0.248. The van der Waals surface area contributed by atoms with E-state index in [1.807, 2.05) is 19.1 Å². The second kappa shape index (κ2) is 7.98. The first-order chi connectivity index (χ1) is 11.8. The number of methoxy groups -OCH3 is 1. The van der Waals surface area contributed by atoms with Gasteiger partial charge in [-0.05, 0) is 53.0 Å². The second-order valence-corrected chi connectivity index (χ2v) is 6.22. The Kier molecular flexibility index (Phi) is 5.97. The van der Waals surface area contributed by atoms with Gasteiger partial charge in [-0.2, -0.15) is 0 Å². The number of anilines is 1. The fourth-order valence-corrected chi connectivity index (χ4v) is 2.77. The molecule has 1 N–H and O–H groups in total. The molecule has 0 saturated heterocycles. The van der Waals surface area contributed by atoms with Gasteiger partial charge in [0, 0.05) is 17.8 Å². The smallest absolute Gasteiger partial charge is 0.311 e. The highest BCUT2D eigenvalue weighted by atomic mass is 79.9. The number of amides is 1. The number of nitrogens with zero attached hydrogens (tertiary/aromatic N) is 1. The Morgan fingerprint density at radius 1 is 1.24 bits per heavy atom. The molecule has 7 nitrogen and oxygen atoms in total. The van der Waals surface area contributed by atoms with E-state index in [-0.39, 0.29) is 24.0 Å². The first-order valence-corrected chi connectivity index (χ1v) is 8.13. The number of carbonyl (C=O) groups is 1. The van der Waals surface area contributed by atoms with Crippen LogP contribution in [0.2, 0.25) is 0 Å². The Hall–Kier alpha value is -2.61. The quantitative estimate of drug-likeness (QED) is 0.575. The molecule has 0 atom stereocenters. The fraction of sp³-hybridized carbons (Fsp3) is 0.235. The van der Waals surface area contributed by atoms with Crippen molar-refractivity contribution in [1.29, 1.82) is 0 Å². The third-order valence-corrected chi connectivity index (χ3v) is 4.06. The Morgan fingerprint density at radius 3 is 2.56 bits per heavy atom. The Labute approximate surface area is 153 Å². The molecule has 0 aromatic heterocycles. The monoisotopic (exact) mass is 408 g/mol. The SMILES string of the molecule is COc1cc(NC(=O)COc2ccc(C)cc2Br)c(C)cc1[N+](=O)[O-]. The first-order valence-electron chi connectivity index (χ1n) is 7.33. The molecule has 0 aliphatic heterocycles. The van der Waals surface area contributed by atoms with Crippen LogP contribution in [0.4, 0.5) is 11.4 Å². The number of nitrogens with one attached hydrogen (secondary N) is 1. The highest BCUT2D eigenvalue weighted by molar-refractivity contribution is 9.10. The number of ether oxygens (including phenoxy) is 2. The number of aryl methyl sites for hydroxylation is 2. The van der Waals surface area contributed by atoms with Crippen LogP contribution < -0.4 is 14.8 Å². The number of nitro benzene ring substituents is 1. The molecule has 0 fully saturated rings. The number of benzene rings is 2. The van der Waals surface area contributed by atoms with Crippen molar-refractivity contribution in [2.45, 2.75) is 13.8 Å². The van der Waals surface area contributed by atoms with Crippen LogP contribution >= 0.6 is 15.9 Å². The zero-order valence-electron chi connectivity index (χ0n) is 14.0. The van der Waals surface area contributed by atoms with Crippen molar-refractivity contribution < 1.29 is 19.2 Å². The molecule has 8 heteroatoms.